The molecule has 51 heavy (non-hydrogen) atoms. The zero-order valence-corrected chi connectivity index (χ0v) is 31.4. The van der Waals surface area contributed by atoms with Crippen LogP contribution < -0.4 is 21.5 Å². The number of rotatable bonds is 15. The Hall–Kier alpha value is -0.970. The van der Waals surface area contributed by atoms with Crippen LogP contribution in [0, 0.1) is 29.1 Å². The van der Waals surface area contributed by atoms with Crippen LogP contribution in [0.25, 0.3) is 0 Å². The second-order valence-electron chi connectivity index (χ2n) is 17.2. The average Bonchev–Trinajstić information content (AvgIpc) is 3.09. The summed E-state index contributed by atoms with van der Waals surface area (Å²) in [5, 5.41) is 59.9. The van der Waals surface area contributed by atoms with E-state index in [1.165, 1.54) is 0 Å². The molecule has 0 radical (unpaired) electrons. The van der Waals surface area contributed by atoms with Gasteiger partial charge in [-0.25, -0.2) is 0 Å². The molecule has 3 saturated heterocycles. The summed E-state index contributed by atoms with van der Waals surface area (Å²) in [7, 11) is 3.25. The van der Waals surface area contributed by atoms with Crippen LogP contribution >= 0.6 is 0 Å². The lowest BCUT2D eigenvalue weighted by atomic mass is 9.64. The van der Waals surface area contributed by atoms with Crippen LogP contribution in [-0.4, -0.2) is 127 Å². The molecule has 2 saturated carbocycles. The third-order valence-electron chi connectivity index (χ3n) is 13.7. The van der Waals surface area contributed by atoms with Gasteiger partial charge in [-0.2, -0.15) is 0 Å². The van der Waals surface area contributed by atoms with Gasteiger partial charge in [0.05, 0.1) is 61.9 Å². The highest BCUT2D eigenvalue weighted by Gasteiger charge is 2.50. The molecule has 5 aliphatic rings. The number of quaternary nitrogens is 2. The van der Waals surface area contributed by atoms with Gasteiger partial charge in [0.2, 0.25) is 0 Å². The maximum Gasteiger partial charge on any atom is 0.137 e. The van der Waals surface area contributed by atoms with Gasteiger partial charge >= 0.3 is 0 Å². The molecule has 2 aliphatic carbocycles. The van der Waals surface area contributed by atoms with E-state index in [4.69, 9.17) is 24.7 Å². The summed E-state index contributed by atoms with van der Waals surface area (Å²) < 4.78 is 24.9. The van der Waals surface area contributed by atoms with E-state index in [0.717, 1.165) is 70.8 Å². The predicted molar refractivity (Wildman–Crippen MR) is 186 cm³/mol. The van der Waals surface area contributed by atoms with E-state index >= 15 is 0 Å². The van der Waals surface area contributed by atoms with Gasteiger partial charge in [-0.15, -0.1) is 0 Å². The van der Waals surface area contributed by atoms with Crippen LogP contribution in [-0.2, 0) is 23.7 Å². The fourth-order valence-electron chi connectivity index (χ4n) is 10.8. The van der Waals surface area contributed by atoms with Crippen LogP contribution in [0.5, 0.6) is 0 Å². The molecule has 13 heteroatoms. The molecule has 0 spiro atoms. The summed E-state index contributed by atoms with van der Waals surface area (Å²) >= 11 is 0. The van der Waals surface area contributed by atoms with Gasteiger partial charge < -0.3 is 59.9 Å². The Kier molecular flexibility index (Phi) is 15.4. The standard InChI is InChI=1S/C38H69N3O10/c1-22-8-11-38(20-35(45)46,19-24-9-12-40-34(39)15-24)33(41-22)21-50-32-17-25(16-31(49-3)36(32)47)37-27(10-13-42)29(44)18-26(51-37)6-4-23-5-7-28(43)30(14-23)48-2/h22-34,36-37,40-44,47H,4-21,39H2,1-3H3,(H,45,46)/p+1. The highest BCUT2D eigenvalue weighted by atomic mass is 16.5. The Morgan fingerprint density at radius 2 is 1.69 bits per heavy atom. The van der Waals surface area contributed by atoms with Crippen molar-refractivity contribution in [1.29, 1.82) is 0 Å². The zero-order chi connectivity index (χ0) is 36.7. The minimum Gasteiger partial charge on any atom is -0.550 e. The zero-order valence-electron chi connectivity index (χ0n) is 31.4. The number of aliphatic hydroxyl groups is 4. The number of piperidine rings is 2. The fraction of sp³-hybridized carbons (Fsp3) is 0.974. The molecular formula is C38H70N3O10+. The van der Waals surface area contributed by atoms with Gasteiger partial charge in [-0.05, 0) is 115 Å². The number of aliphatic hydroxyl groups excluding tert-OH is 4. The number of carbonyl (C=O) groups excluding carboxylic acids is 1. The second-order valence-corrected chi connectivity index (χ2v) is 17.2. The lowest BCUT2D eigenvalue weighted by Gasteiger charge is -2.49. The number of carbonyl (C=O) groups is 1. The molecule has 296 valence electrons. The minimum atomic E-state index is -1.04. The smallest absolute Gasteiger partial charge is 0.137 e. The van der Waals surface area contributed by atoms with Crippen molar-refractivity contribution < 1.29 is 59.9 Å². The molecular weight excluding hydrogens is 658 g/mol. The normalized spacial score (nSPS) is 45.4. The van der Waals surface area contributed by atoms with Crippen LogP contribution in [0.1, 0.15) is 103 Å². The Labute approximate surface area is 304 Å². The van der Waals surface area contributed by atoms with Crippen LogP contribution in [0.15, 0.2) is 0 Å². The monoisotopic (exact) mass is 729 g/mol. The van der Waals surface area contributed by atoms with Crippen molar-refractivity contribution in [2.45, 2.75) is 170 Å². The molecule has 3 aliphatic heterocycles. The first-order valence-electron chi connectivity index (χ1n) is 20.1. The van der Waals surface area contributed by atoms with E-state index in [2.05, 4.69) is 17.6 Å². The maximum absolute atomic E-state index is 12.3. The largest absolute Gasteiger partial charge is 0.550 e. The Balaban J connectivity index is 1.28. The molecule has 0 aromatic carbocycles. The van der Waals surface area contributed by atoms with Crippen LogP contribution in [0.4, 0.5) is 0 Å². The lowest BCUT2D eigenvalue weighted by Crippen LogP contribution is -3.00. The van der Waals surface area contributed by atoms with Crippen molar-refractivity contribution in [3.63, 3.8) is 0 Å². The van der Waals surface area contributed by atoms with E-state index in [1.54, 1.807) is 14.2 Å². The number of hydrogen-bond acceptors (Lipinski definition) is 11. The molecule has 0 bridgehead atoms. The molecule has 13 nitrogen and oxygen atoms in total. The van der Waals surface area contributed by atoms with E-state index in [-0.39, 0.29) is 55.4 Å². The van der Waals surface area contributed by atoms with Gasteiger partial charge in [-0.1, -0.05) is 0 Å². The van der Waals surface area contributed by atoms with Crippen LogP contribution in [0.2, 0.25) is 0 Å². The number of ether oxygens (including phenoxy) is 4. The minimum absolute atomic E-state index is 0.0260. The molecule has 3 heterocycles. The van der Waals surface area contributed by atoms with Crippen molar-refractivity contribution in [2.24, 2.45) is 34.8 Å². The van der Waals surface area contributed by atoms with Crippen molar-refractivity contribution in [3.8, 4) is 0 Å². The first-order valence-corrected chi connectivity index (χ1v) is 20.1. The van der Waals surface area contributed by atoms with E-state index in [9.17, 15) is 30.3 Å². The number of carboxylic acids is 1. The van der Waals surface area contributed by atoms with Crippen LogP contribution in [0.3, 0.4) is 0 Å². The molecule has 0 aromatic heterocycles. The lowest BCUT2D eigenvalue weighted by molar-refractivity contribution is -0.744. The molecule has 10 N–H and O–H groups in total. The van der Waals surface area contributed by atoms with Crippen molar-refractivity contribution in [2.75, 3.05) is 34.0 Å². The molecule has 0 aromatic rings. The highest BCUT2D eigenvalue weighted by Crippen LogP contribution is 2.44. The summed E-state index contributed by atoms with van der Waals surface area (Å²) in [6, 6.07) is 0.200. The van der Waals surface area contributed by atoms with Crippen molar-refractivity contribution >= 4 is 5.97 Å². The number of carboxylic acid groups (broad SMARTS) is 1. The van der Waals surface area contributed by atoms with E-state index in [0.29, 0.717) is 50.2 Å². The highest BCUT2D eigenvalue weighted by molar-refractivity contribution is 5.65. The summed E-state index contributed by atoms with van der Waals surface area (Å²) in [6.07, 6.45) is 6.89. The van der Waals surface area contributed by atoms with E-state index < -0.39 is 41.9 Å². The summed E-state index contributed by atoms with van der Waals surface area (Å²) in [6.45, 7) is 3.35. The first-order chi connectivity index (χ1) is 24.4. The number of aliphatic carboxylic acids is 1. The molecule has 5 fully saturated rings. The van der Waals surface area contributed by atoms with Crippen molar-refractivity contribution in [3.05, 3.63) is 0 Å². The summed E-state index contributed by atoms with van der Waals surface area (Å²) in [5.41, 5.74) is 5.81. The van der Waals surface area contributed by atoms with Gasteiger partial charge in [0.1, 0.15) is 18.3 Å². The summed E-state index contributed by atoms with van der Waals surface area (Å²) in [4.78, 5) is 12.3. The topological polar surface area (TPSA) is 217 Å². The summed E-state index contributed by atoms with van der Waals surface area (Å²) in [5.74, 6) is -0.612. The van der Waals surface area contributed by atoms with Gasteiger partial charge in [-0.3, -0.25) is 5.73 Å². The molecule has 16 unspecified atom stereocenters. The molecule has 5 rings (SSSR count). The van der Waals surface area contributed by atoms with E-state index in [1.807, 2.05) is 0 Å². The quantitative estimate of drug-likeness (QED) is 0.103. The van der Waals surface area contributed by atoms with Gasteiger partial charge in [0, 0.05) is 44.5 Å². The maximum atomic E-state index is 12.3. The fourth-order valence-corrected chi connectivity index (χ4v) is 10.8. The Bertz CT molecular complexity index is 1070. The number of hydrogen-bond donors (Lipinski definition) is 7. The van der Waals surface area contributed by atoms with Crippen molar-refractivity contribution in [1.82, 2.24) is 0 Å². The first kappa shape index (κ1) is 41.2. The molecule has 16 atom stereocenters. The SMILES string of the molecule is COC1CC(CCC2CC(O)C(CCO)C(C3CC(OC)C(O)C(OCC4[NH2+]C(C)CCC4(CC(=O)[O-])CC4CC[NH2+]C(N)C4)C3)O2)CCC1O. The average molecular weight is 729 g/mol. The third-order valence-corrected chi connectivity index (χ3v) is 13.7. The Morgan fingerprint density at radius 1 is 0.922 bits per heavy atom. The second kappa shape index (κ2) is 19.1. The molecule has 0 amide bonds. The van der Waals surface area contributed by atoms with Gasteiger partial charge in [0.15, 0.2) is 0 Å². The third kappa shape index (κ3) is 10.6. The predicted octanol–water partition coefficient (Wildman–Crippen LogP) is -1.48. The Morgan fingerprint density at radius 3 is 2.39 bits per heavy atom. The number of methoxy groups -OCH3 is 2. The number of nitrogens with two attached hydrogens (primary N) is 3. The van der Waals surface area contributed by atoms with Gasteiger partial charge in [0.25, 0.3) is 0 Å².